The van der Waals surface area contributed by atoms with Gasteiger partial charge in [-0.05, 0) is 69.4 Å². The van der Waals surface area contributed by atoms with Crippen LogP contribution in [0.4, 0.5) is 5.69 Å². The minimum Gasteiger partial charge on any atom is -0.462 e. The number of benzene rings is 1. The molecule has 1 aromatic carbocycles. The maximum absolute atomic E-state index is 12.6. The quantitative estimate of drug-likeness (QED) is 0.572. The Balaban J connectivity index is 1.73. The first kappa shape index (κ1) is 20.9. The number of ether oxygens (including phenoxy) is 1. The minimum absolute atomic E-state index is 0.161. The number of esters is 1. The Morgan fingerprint density at radius 1 is 1.31 bits per heavy atom. The minimum atomic E-state index is -0.507. The summed E-state index contributed by atoms with van der Waals surface area (Å²) in [6, 6.07) is 9.58. The summed E-state index contributed by atoms with van der Waals surface area (Å²) < 4.78 is 5.01. The van der Waals surface area contributed by atoms with E-state index in [1.165, 1.54) is 29.0 Å². The van der Waals surface area contributed by atoms with Crippen LogP contribution in [0.2, 0.25) is 0 Å². The van der Waals surface area contributed by atoms with Gasteiger partial charge in [-0.2, -0.15) is 5.26 Å². The van der Waals surface area contributed by atoms with Gasteiger partial charge < -0.3 is 10.1 Å². The molecule has 1 N–H and O–H groups in total. The average molecular weight is 410 g/mol. The summed E-state index contributed by atoms with van der Waals surface area (Å²) in [4.78, 5) is 29.0. The predicted octanol–water partition coefficient (Wildman–Crippen LogP) is 4.05. The molecule has 0 unspecified atom stereocenters. The number of nitriles is 1. The molecule has 7 heteroatoms. The lowest BCUT2D eigenvalue weighted by Gasteiger charge is -2.14. The van der Waals surface area contributed by atoms with E-state index in [1.54, 1.807) is 20.8 Å². The molecule has 1 aromatic heterocycles. The summed E-state index contributed by atoms with van der Waals surface area (Å²) in [7, 11) is 0. The first-order valence-electron chi connectivity index (χ1n) is 9.61. The van der Waals surface area contributed by atoms with Crippen LogP contribution in [0.5, 0.6) is 0 Å². The molecule has 1 heterocycles. The monoisotopic (exact) mass is 409 g/mol. The van der Waals surface area contributed by atoms with E-state index < -0.39 is 11.2 Å². The number of carbonyl (C=O) groups excluding carboxylic acids is 2. The van der Waals surface area contributed by atoms with E-state index in [0.29, 0.717) is 10.7 Å². The van der Waals surface area contributed by atoms with Crippen LogP contribution >= 0.6 is 11.8 Å². The summed E-state index contributed by atoms with van der Waals surface area (Å²) in [6.07, 6.45) is 3.30. The molecule has 1 atom stereocenters. The lowest BCUT2D eigenvalue weighted by Crippen LogP contribution is -2.23. The number of pyridine rings is 1. The van der Waals surface area contributed by atoms with E-state index in [4.69, 9.17) is 4.74 Å². The molecular weight excluding hydrogens is 386 g/mol. The van der Waals surface area contributed by atoms with Gasteiger partial charge in [-0.1, -0.05) is 17.8 Å². The van der Waals surface area contributed by atoms with Gasteiger partial charge in [-0.25, -0.2) is 9.78 Å². The number of rotatable bonds is 6. The van der Waals surface area contributed by atoms with Crippen LogP contribution in [0, 0.1) is 18.3 Å². The van der Waals surface area contributed by atoms with Gasteiger partial charge in [0, 0.05) is 5.69 Å². The van der Waals surface area contributed by atoms with Gasteiger partial charge in [0.25, 0.3) is 0 Å². The van der Waals surface area contributed by atoms with Crippen molar-refractivity contribution in [1.29, 1.82) is 5.26 Å². The Morgan fingerprint density at radius 2 is 2.07 bits per heavy atom. The summed E-state index contributed by atoms with van der Waals surface area (Å²) in [5.74, 6) is -0.668. The first-order valence-corrected chi connectivity index (χ1v) is 10.5. The highest BCUT2D eigenvalue weighted by Crippen LogP contribution is 2.29. The molecule has 0 fully saturated rings. The smallest absolute Gasteiger partial charge is 0.340 e. The number of aryl methyl sites for hydroxylation is 3. The number of anilines is 1. The molecule has 0 saturated heterocycles. The van der Waals surface area contributed by atoms with Gasteiger partial charge in [0.1, 0.15) is 11.1 Å². The highest BCUT2D eigenvalue weighted by Gasteiger charge is 2.21. The number of hydrogen-bond acceptors (Lipinski definition) is 6. The van der Waals surface area contributed by atoms with Gasteiger partial charge in [0.2, 0.25) is 5.91 Å². The Hall–Kier alpha value is -2.85. The third kappa shape index (κ3) is 4.77. The molecule has 1 aliphatic carbocycles. The molecule has 0 spiro atoms. The van der Waals surface area contributed by atoms with E-state index in [2.05, 4.69) is 22.4 Å². The normalized spacial score (nSPS) is 13.3. The van der Waals surface area contributed by atoms with Gasteiger partial charge in [0.15, 0.2) is 0 Å². The molecule has 29 heavy (non-hydrogen) atoms. The number of hydrogen-bond donors (Lipinski definition) is 1. The lowest BCUT2D eigenvalue weighted by molar-refractivity contribution is -0.115. The summed E-state index contributed by atoms with van der Waals surface area (Å²) in [5.41, 5.74) is 4.41. The average Bonchev–Trinajstić information content (AvgIpc) is 3.16. The topological polar surface area (TPSA) is 92.1 Å². The molecular formula is C22H23N3O3S. The summed E-state index contributed by atoms with van der Waals surface area (Å²) >= 11 is 1.20. The van der Waals surface area contributed by atoms with Crippen molar-refractivity contribution >= 4 is 29.3 Å². The maximum Gasteiger partial charge on any atom is 0.340 e. The van der Waals surface area contributed by atoms with Crippen LogP contribution in [0.1, 0.15) is 53.0 Å². The third-order valence-corrected chi connectivity index (χ3v) is 5.92. The van der Waals surface area contributed by atoms with Crippen molar-refractivity contribution in [3.8, 4) is 6.07 Å². The molecule has 1 amide bonds. The number of carbonyl (C=O) groups is 2. The zero-order valence-corrected chi connectivity index (χ0v) is 17.6. The number of aromatic nitrogens is 1. The highest BCUT2D eigenvalue weighted by molar-refractivity contribution is 8.00. The number of amides is 1. The number of thioether (sulfide) groups is 1. The van der Waals surface area contributed by atoms with Gasteiger partial charge in [-0.15, -0.1) is 0 Å². The fraction of sp³-hybridized carbons (Fsp3) is 0.364. The third-order valence-electron chi connectivity index (χ3n) is 4.82. The van der Waals surface area contributed by atoms with Gasteiger partial charge >= 0.3 is 5.97 Å². The molecule has 0 bridgehead atoms. The van der Waals surface area contributed by atoms with Crippen LogP contribution in [0.25, 0.3) is 0 Å². The number of nitrogens with zero attached hydrogens (tertiary/aromatic N) is 2. The molecule has 0 radical (unpaired) electrons. The molecule has 0 aliphatic heterocycles. The molecule has 1 aliphatic rings. The zero-order chi connectivity index (χ0) is 21.0. The summed E-state index contributed by atoms with van der Waals surface area (Å²) in [6.45, 7) is 5.42. The van der Waals surface area contributed by atoms with Crippen molar-refractivity contribution in [3.63, 3.8) is 0 Å². The standard InChI is InChI=1S/C22H23N3O3S/c1-4-28-22(27)19-11-17(12-23)21(24-13(19)2)29-14(3)20(26)25-18-9-8-15-6-5-7-16(15)10-18/h8-11,14H,4-7H2,1-3H3,(H,25,26)/t14-/m1/s1. The van der Waals surface area contributed by atoms with Crippen LogP contribution in [0.3, 0.4) is 0 Å². The Bertz CT molecular complexity index is 998. The van der Waals surface area contributed by atoms with Crippen LogP contribution in [0.15, 0.2) is 29.3 Å². The predicted molar refractivity (Wildman–Crippen MR) is 112 cm³/mol. The van der Waals surface area contributed by atoms with E-state index in [1.807, 2.05) is 12.1 Å². The first-order chi connectivity index (χ1) is 13.9. The van der Waals surface area contributed by atoms with E-state index in [-0.39, 0.29) is 23.6 Å². The van der Waals surface area contributed by atoms with Crippen molar-refractivity contribution < 1.29 is 14.3 Å². The molecule has 0 saturated carbocycles. The second-order valence-electron chi connectivity index (χ2n) is 6.89. The van der Waals surface area contributed by atoms with Crippen LogP contribution < -0.4 is 5.32 Å². The zero-order valence-electron chi connectivity index (χ0n) is 16.7. The van der Waals surface area contributed by atoms with Gasteiger partial charge in [0.05, 0.1) is 28.7 Å². The van der Waals surface area contributed by atoms with Crippen molar-refractivity contribution in [2.75, 3.05) is 11.9 Å². The number of fused-ring (bicyclic) bond motifs is 1. The van der Waals surface area contributed by atoms with Crippen molar-refractivity contribution in [2.24, 2.45) is 0 Å². The van der Waals surface area contributed by atoms with Crippen molar-refractivity contribution in [1.82, 2.24) is 4.98 Å². The Kier molecular flexibility index (Phi) is 6.55. The molecule has 150 valence electrons. The van der Waals surface area contributed by atoms with E-state index in [9.17, 15) is 14.9 Å². The summed E-state index contributed by atoms with van der Waals surface area (Å²) in [5, 5.41) is 12.4. The maximum atomic E-state index is 12.6. The highest BCUT2D eigenvalue weighted by atomic mass is 32.2. The molecule has 2 aromatic rings. The largest absolute Gasteiger partial charge is 0.462 e. The SMILES string of the molecule is CCOC(=O)c1cc(C#N)c(S[C@H](C)C(=O)Nc2ccc3c(c2)CCC3)nc1C. The number of nitrogens with one attached hydrogen (secondary N) is 1. The second kappa shape index (κ2) is 9.10. The second-order valence-corrected chi connectivity index (χ2v) is 8.22. The van der Waals surface area contributed by atoms with Crippen LogP contribution in [-0.2, 0) is 22.4 Å². The van der Waals surface area contributed by atoms with E-state index in [0.717, 1.165) is 24.9 Å². The lowest BCUT2D eigenvalue weighted by atomic mass is 10.1. The fourth-order valence-corrected chi connectivity index (χ4v) is 4.21. The Labute approximate surface area is 174 Å². The fourth-order valence-electron chi connectivity index (χ4n) is 3.28. The van der Waals surface area contributed by atoms with Crippen LogP contribution in [-0.4, -0.2) is 28.7 Å². The van der Waals surface area contributed by atoms with E-state index >= 15 is 0 Å². The molecule has 3 rings (SSSR count). The Morgan fingerprint density at radius 3 is 2.79 bits per heavy atom. The van der Waals surface area contributed by atoms with Crippen molar-refractivity contribution in [2.45, 2.75) is 50.3 Å². The van der Waals surface area contributed by atoms with Gasteiger partial charge in [-0.3, -0.25) is 4.79 Å². The molecule has 6 nitrogen and oxygen atoms in total. The van der Waals surface area contributed by atoms with Crippen molar-refractivity contribution in [3.05, 3.63) is 52.2 Å².